The number of hydrogen-bond donors (Lipinski definition) is 6. The molecule has 6 rings (SSSR count). The van der Waals surface area contributed by atoms with Gasteiger partial charge in [0, 0.05) is 52.1 Å². The highest BCUT2D eigenvalue weighted by molar-refractivity contribution is 6.34. The number of urea groups is 1. The van der Waals surface area contributed by atoms with Crippen molar-refractivity contribution in [3.05, 3.63) is 52.7 Å². The number of methoxy groups -OCH3 is 1. The molecule has 282 valence electrons. The number of ether oxygens (including phenoxy) is 1. The zero-order valence-corrected chi connectivity index (χ0v) is 28.1. The second-order valence-electron chi connectivity index (χ2n) is 12.2. The quantitative estimate of drug-likeness (QED) is 0.145. The van der Waals surface area contributed by atoms with Crippen LogP contribution in [0, 0.1) is 0 Å². The summed E-state index contributed by atoms with van der Waals surface area (Å²) in [6.45, 7) is 0.855. The van der Waals surface area contributed by atoms with Gasteiger partial charge >= 0.3 is 12.2 Å². The van der Waals surface area contributed by atoms with Crippen LogP contribution in [0.5, 0.6) is 0 Å². The summed E-state index contributed by atoms with van der Waals surface area (Å²) in [4.78, 5) is 52.8. The molecule has 0 bridgehead atoms. The van der Waals surface area contributed by atoms with Gasteiger partial charge in [-0.05, 0) is 18.2 Å². The largest absolute Gasteiger partial charge is 0.483 e. The normalized spacial score (nSPS) is 23.4. The molecule has 1 unspecified atom stereocenters. The van der Waals surface area contributed by atoms with Crippen LogP contribution in [0.4, 0.5) is 32.4 Å². The molecule has 52 heavy (non-hydrogen) atoms. The number of rotatable bonds is 8. The topological polar surface area (TPSA) is 205 Å². The molecule has 0 spiro atoms. The van der Waals surface area contributed by atoms with Crippen molar-refractivity contribution in [2.45, 2.75) is 48.9 Å². The van der Waals surface area contributed by atoms with E-state index in [4.69, 9.17) is 26.2 Å². The number of benzene rings is 1. The minimum Gasteiger partial charge on any atom is -0.483 e. The summed E-state index contributed by atoms with van der Waals surface area (Å²) in [5, 5.41) is 31.3. The van der Waals surface area contributed by atoms with E-state index in [2.05, 4.69) is 31.3 Å². The van der Waals surface area contributed by atoms with E-state index in [0.29, 0.717) is 17.8 Å². The van der Waals surface area contributed by atoms with Gasteiger partial charge in [-0.15, -0.1) is 0 Å². The van der Waals surface area contributed by atoms with Crippen LogP contribution in [0.25, 0.3) is 11.3 Å². The van der Waals surface area contributed by atoms with Crippen LogP contribution >= 0.6 is 11.6 Å². The lowest BCUT2D eigenvalue weighted by molar-refractivity contribution is -0.141. The zero-order valence-electron chi connectivity index (χ0n) is 27.3. The Balaban J connectivity index is 0.00000168. The van der Waals surface area contributed by atoms with E-state index in [1.807, 2.05) is 0 Å². The molecule has 2 saturated heterocycles. The molecule has 1 aromatic carbocycles. The molecule has 4 amide bonds. The molecule has 3 fully saturated rings. The van der Waals surface area contributed by atoms with Gasteiger partial charge in [0.15, 0.2) is 11.5 Å². The number of anilines is 1. The fourth-order valence-electron chi connectivity index (χ4n) is 5.89. The number of aromatic nitrogens is 4. The van der Waals surface area contributed by atoms with E-state index in [0.717, 1.165) is 17.0 Å². The minimum absolute atomic E-state index is 0.0424. The third kappa shape index (κ3) is 8.11. The number of likely N-dealkylation sites (tertiary alicyclic amines) is 1. The number of aliphatic hydroxyl groups is 1. The number of nitrogens with zero attached hydrogens (tertiary/aromatic N) is 5. The van der Waals surface area contributed by atoms with Crippen LogP contribution in [0.3, 0.4) is 0 Å². The van der Waals surface area contributed by atoms with Crippen molar-refractivity contribution in [3.8, 4) is 11.3 Å². The molecular weight excluding hydrogens is 729 g/mol. The van der Waals surface area contributed by atoms with Gasteiger partial charge in [0.05, 0.1) is 58.9 Å². The predicted octanol–water partition coefficient (Wildman–Crippen LogP) is 1.96. The van der Waals surface area contributed by atoms with Gasteiger partial charge in [0.2, 0.25) is 0 Å². The number of alkyl halides is 5. The minimum atomic E-state index is -4.96. The van der Waals surface area contributed by atoms with Crippen LogP contribution in [-0.4, -0.2) is 122 Å². The van der Waals surface area contributed by atoms with Crippen molar-refractivity contribution in [1.29, 1.82) is 0 Å². The average molecular weight is 762 g/mol. The maximum absolute atomic E-state index is 13.8. The second-order valence-corrected chi connectivity index (χ2v) is 12.6. The number of aliphatic hydroxyl groups excluding tert-OH is 1. The zero-order chi connectivity index (χ0) is 38.1. The van der Waals surface area contributed by atoms with Crippen molar-refractivity contribution in [3.63, 3.8) is 0 Å². The highest BCUT2D eigenvalue weighted by Gasteiger charge is 2.59. The number of hydrogen-bond acceptors (Lipinski definition) is 9. The number of carbonyl (C=O) groups excluding carboxylic acids is 3. The SMILES string of the molecule is CO[C@H]1CN(C(=O)N[C@@H]2CNC[C@H]2O)C[C@@H]1NC(=O)c1ccc(NC(=O)c2ncc(-c3cn(C4CC4(F)F)nc3C(F)(F)F)n2C)cc1Cl.O=CO. The molecule has 4 heterocycles. The van der Waals surface area contributed by atoms with Crippen LogP contribution < -0.4 is 21.3 Å². The first-order chi connectivity index (χ1) is 24.5. The first kappa shape index (κ1) is 38.4. The first-order valence-corrected chi connectivity index (χ1v) is 15.9. The van der Waals surface area contributed by atoms with E-state index >= 15 is 0 Å². The monoisotopic (exact) mass is 761 g/mol. The van der Waals surface area contributed by atoms with Gasteiger partial charge in [-0.1, -0.05) is 11.6 Å². The maximum atomic E-state index is 13.8. The van der Waals surface area contributed by atoms with Crippen molar-refractivity contribution >= 4 is 41.6 Å². The van der Waals surface area contributed by atoms with E-state index in [1.165, 1.54) is 37.3 Å². The molecular formula is C30H33ClF5N9O7. The Hall–Kier alpha value is -4.86. The Morgan fingerprint density at radius 2 is 1.83 bits per heavy atom. The third-order valence-electron chi connectivity index (χ3n) is 8.72. The molecule has 3 aliphatic rings. The standard InChI is InChI=1S/C29H31ClF5N9O5.CH2O2/c1-42-19(15-10-44(22-6-28(22,31)32)41-23(15)29(33,34)35)8-37-24(42)26(47)38-13-3-4-14(16(30)5-13)25(46)39-18-11-43(12-21(18)49-2)27(48)40-17-7-36-9-20(17)45;2-1-3/h3-5,8,10,17-18,20-22,36,45H,6-7,9,11-12H2,1-2H3,(H,38,47)(H,39,46)(H,40,48);1H,(H,2,3)/t17-,18+,20-,21+,22?;/m1./s1. The Bertz CT molecular complexity index is 1840. The van der Waals surface area contributed by atoms with Crippen molar-refractivity contribution in [1.82, 2.24) is 40.2 Å². The number of imidazole rings is 1. The Morgan fingerprint density at radius 1 is 1.13 bits per heavy atom. The Kier molecular flexibility index (Phi) is 11.1. The molecule has 0 radical (unpaired) electrons. The van der Waals surface area contributed by atoms with Crippen LogP contribution in [0.15, 0.2) is 30.6 Å². The molecule has 5 atom stereocenters. The van der Waals surface area contributed by atoms with Crippen LogP contribution in [0.2, 0.25) is 5.02 Å². The van der Waals surface area contributed by atoms with Crippen LogP contribution in [-0.2, 0) is 22.8 Å². The van der Waals surface area contributed by atoms with Crippen molar-refractivity contribution in [2.24, 2.45) is 7.05 Å². The molecule has 2 aromatic heterocycles. The molecule has 6 N–H and O–H groups in total. The average Bonchev–Trinajstić information content (AvgIpc) is 3.62. The van der Waals surface area contributed by atoms with Gasteiger partial charge in [0.1, 0.15) is 6.04 Å². The van der Waals surface area contributed by atoms with Gasteiger partial charge in [0.25, 0.3) is 24.2 Å². The number of nitrogens with one attached hydrogen (secondary N) is 4. The lowest BCUT2D eigenvalue weighted by Crippen LogP contribution is -2.49. The fraction of sp³-hybridized carbons (Fsp3) is 0.467. The maximum Gasteiger partial charge on any atom is 0.435 e. The summed E-state index contributed by atoms with van der Waals surface area (Å²) in [7, 11) is 2.74. The predicted molar refractivity (Wildman–Crippen MR) is 171 cm³/mol. The van der Waals surface area contributed by atoms with Gasteiger partial charge < -0.3 is 45.7 Å². The number of amides is 4. The van der Waals surface area contributed by atoms with E-state index in [-0.39, 0.29) is 47.4 Å². The van der Waals surface area contributed by atoms with E-state index in [1.54, 1.807) is 0 Å². The molecule has 16 nitrogen and oxygen atoms in total. The number of β-amino-alcohol motifs (C(OH)–C–C–N with tert-alkyl or cyclic N) is 1. The lowest BCUT2D eigenvalue weighted by Gasteiger charge is -2.22. The summed E-state index contributed by atoms with van der Waals surface area (Å²) in [5.74, 6) is -4.87. The number of halogens is 6. The van der Waals surface area contributed by atoms with Crippen molar-refractivity contribution in [2.75, 3.05) is 38.6 Å². The lowest BCUT2D eigenvalue weighted by atomic mass is 10.1. The summed E-state index contributed by atoms with van der Waals surface area (Å²) in [6.07, 6.45) is -4.97. The number of carbonyl (C=O) groups is 4. The van der Waals surface area contributed by atoms with Crippen LogP contribution in [0.1, 0.15) is 39.1 Å². The second kappa shape index (κ2) is 15.0. The summed E-state index contributed by atoms with van der Waals surface area (Å²) >= 11 is 6.39. The number of carboxylic acid groups (broad SMARTS) is 1. The van der Waals surface area contributed by atoms with E-state index in [9.17, 15) is 41.4 Å². The molecule has 1 saturated carbocycles. The highest BCUT2D eigenvalue weighted by Crippen LogP contribution is 2.53. The molecule has 22 heteroatoms. The molecule has 1 aliphatic carbocycles. The smallest absolute Gasteiger partial charge is 0.435 e. The van der Waals surface area contributed by atoms with Gasteiger partial charge in [-0.2, -0.15) is 18.3 Å². The van der Waals surface area contributed by atoms with E-state index < -0.39 is 78.0 Å². The van der Waals surface area contributed by atoms with Crippen molar-refractivity contribution < 1.29 is 56.1 Å². The molecule has 2 aliphatic heterocycles. The highest BCUT2D eigenvalue weighted by atomic mass is 35.5. The Morgan fingerprint density at radius 3 is 2.40 bits per heavy atom. The first-order valence-electron chi connectivity index (χ1n) is 15.5. The summed E-state index contributed by atoms with van der Waals surface area (Å²) < 4.78 is 75.6. The summed E-state index contributed by atoms with van der Waals surface area (Å²) in [6, 6.07) is 1.08. The van der Waals surface area contributed by atoms with Gasteiger partial charge in [-0.3, -0.25) is 19.1 Å². The third-order valence-corrected chi connectivity index (χ3v) is 9.03. The Labute approximate surface area is 296 Å². The molecule has 3 aromatic rings. The summed E-state index contributed by atoms with van der Waals surface area (Å²) in [5.41, 5.74) is -1.90. The fourth-order valence-corrected chi connectivity index (χ4v) is 6.16. The van der Waals surface area contributed by atoms with Gasteiger partial charge in [-0.25, -0.2) is 18.6 Å².